The third-order valence-corrected chi connectivity index (χ3v) is 7.91. The number of benzene rings is 2. The van der Waals surface area contributed by atoms with Gasteiger partial charge >= 0.3 is 0 Å². The summed E-state index contributed by atoms with van der Waals surface area (Å²) in [5, 5.41) is 0.932. The molecule has 240 valence electrons. The van der Waals surface area contributed by atoms with Gasteiger partial charge in [-0.15, -0.1) is 0 Å². The molecule has 3 rings (SSSR count). The second-order valence-corrected chi connectivity index (χ2v) is 11.2. The maximum Gasteiger partial charge on any atom is 0.227 e. The molecule has 0 N–H and O–H groups in total. The normalized spacial score (nSPS) is 16.0. The van der Waals surface area contributed by atoms with Crippen LogP contribution in [-0.4, -0.2) is 122 Å². The summed E-state index contributed by atoms with van der Waals surface area (Å²) < 4.78 is 33.0. The van der Waals surface area contributed by atoms with Crippen LogP contribution in [0.4, 0.5) is 0 Å². The molecular formula is C32H46Cl2N2O7. The van der Waals surface area contributed by atoms with Gasteiger partial charge in [-0.05, 0) is 29.7 Å². The SMILES string of the molecule is COCCOCCOCCOCCOCCO[C@H]1CCN(CC(c2ccccc2)N(C)C(=O)Cc2ccc(Cl)c(Cl)c2)C1. The van der Waals surface area contributed by atoms with Gasteiger partial charge in [-0.3, -0.25) is 9.69 Å². The van der Waals surface area contributed by atoms with E-state index in [0.29, 0.717) is 76.1 Å². The summed E-state index contributed by atoms with van der Waals surface area (Å²) in [7, 11) is 3.52. The molecule has 1 saturated heterocycles. The van der Waals surface area contributed by atoms with Crippen LogP contribution in [-0.2, 0) is 39.6 Å². The van der Waals surface area contributed by atoms with E-state index >= 15 is 0 Å². The zero-order chi connectivity index (χ0) is 30.7. The molecule has 0 aromatic heterocycles. The fraction of sp³-hybridized carbons (Fsp3) is 0.594. The first-order chi connectivity index (χ1) is 21.0. The maximum absolute atomic E-state index is 13.3. The fourth-order valence-corrected chi connectivity index (χ4v) is 5.09. The summed E-state index contributed by atoms with van der Waals surface area (Å²) in [6, 6.07) is 15.4. The Bertz CT molecular complexity index is 1050. The maximum atomic E-state index is 13.3. The monoisotopic (exact) mass is 640 g/mol. The van der Waals surface area contributed by atoms with Crippen LogP contribution in [0.1, 0.15) is 23.6 Å². The van der Waals surface area contributed by atoms with Crippen LogP contribution in [0.2, 0.25) is 10.0 Å². The van der Waals surface area contributed by atoms with Crippen LogP contribution < -0.4 is 0 Å². The Morgan fingerprint density at radius 2 is 1.47 bits per heavy atom. The number of carbonyl (C=O) groups is 1. The predicted molar refractivity (Wildman–Crippen MR) is 168 cm³/mol. The van der Waals surface area contributed by atoms with Crippen molar-refractivity contribution in [2.24, 2.45) is 0 Å². The molecule has 0 radical (unpaired) electrons. The highest BCUT2D eigenvalue weighted by molar-refractivity contribution is 6.42. The molecule has 2 atom stereocenters. The highest BCUT2D eigenvalue weighted by atomic mass is 35.5. The summed E-state index contributed by atoms with van der Waals surface area (Å²) in [5.74, 6) is 0.0243. The lowest BCUT2D eigenvalue weighted by atomic mass is 10.0. The zero-order valence-corrected chi connectivity index (χ0v) is 26.9. The lowest BCUT2D eigenvalue weighted by molar-refractivity contribution is -0.131. The van der Waals surface area contributed by atoms with E-state index in [4.69, 9.17) is 51.6 Å². The number of amides is 1. The lowest BCUT2D eigenvalue weighted by Crippen LogP contribution is -2.39. The van der Waals surface area contributed by atoms with E-state index in [-0.39, 0.29) is 24.5 Å². The van der Waals surface area contributed by atoms with Gasteiger partial charge < -0.3 is 33.3 Å². The molecule has 2 aromatic rings. The number of likely N-dealkylation sites (tertiary alicyclic amines) is 1. The van der Waals surface area contributed by atoms with Crippen LogP contribution in [0, 0.1) is 0 Å². The number of hydrogen-bond acceptors (Lipinski definition) is 8. The van der Waals surface area contributed by atoms with Crippen molar-refractivity contribution in [3.63, 3.8) is 0 Å². The standard InChI is InChI=1S/C32H46Cl2N2O7/c1-35(32(37)23-26-8-9-29(33)30(34)22-26)31(27-6-4-3-5-7-27)25-36-11-10-28(24-36)43-21-20-42-19-18-41-17-16-40-15-14-39-13-12-38-2/h3-9,22,28,31H,10-21,23-25H2,1-2H3/t28-,31?/m0/s1. The Labute approximate surface area is 266 Å². The highest BCUT2D eigenvalue weighted by Gasteiger charge is 2.29. The largest absolute Gasteiger partial charge is 0.382 e. The summed E-state index contributed by atoms with van der Waals surface area (Å²) in [5.41, 5.74) is 1.94. The average molecular weight is 642 g/mol. The van der Waals surface area contributed by atoms with Crippen molar-refractivity contribution in [3.8, 4) is 0 Å². The number of likely N-dealkylation sites (N-methyl/N-ethyl adjacent to an activating group) is 1. The topological polar surface area (TPSA) is 78.9 Å². The first kappa shape index (κ1) is 35.7. The van der Waals surface area contributed by atoms with Crippen molar-refractivity contribution in [1.29, 1.82) is 0 Å². The molecule has 1 heterocycles. The second-order valence-electron chi connectivity index (χ2n) is 10.3. The molecule has 0 bridgehead atoms. The van der Waals surface area contributed by atoms with Gasteiger partial charge in [0.1, 0.15) is 0 Å². The summed E-state index contributed by atoms with van der Waals surface area (Å²) in [6.45, 7) is 7.87. The average Bonchev–Trinajstić information content (AvgIpc) is 3.47. The minimum atomic E-state index is -0.0850. The Morgan fingerprint density at radius 1 is 0.860 bits per heavy atom. The van der Waals surface area contributed by atoms with Crippen molar-refractivity contribution in [1.82, 2.24) is 9.80 Å². The van der Waals surface area contributed by atoms with E-state index in [9.17, 15) is 4.79 Å². The van der Waals surface area contributed by atoms with E-state index in [1.807, 2.05) is 36.2 Å². The molecule has 1 aliphatic rings. The van der Waals surface area contributed by atoms with E-state index < -0.39 is 0 Å². The van der Waals surface area contributed by atoms with E-state index in [0.717, 1.165) is 37.2 Å². The Morgan fingerprint density at radius 3 is 2.07 bits per heavy atom. The fourth-order valence-electron chi connectivity index (χ4n) is 4.77. The van der Waals surface area contributed by atoms with Crippen LogP contribution in [0.15, 0.2) is 48.5 Å². The van der Waals surface area contributed by atoms with Gasteiger partial charge in [0.25, 0.3) is 0 Å². The number of ether oxygens (including phenoxy) is 6. The highest BCUT2D eigenvalue weighted by Crippen LogP contribution is 2.26. The predicted octanol–water partition coefficient (Wildman–Crippen LogP) is 4.54. The smallest absolute Gasteiger partial charge is 0.227 e. The quantitative estimate of drug-likeness (QED) is 0.174. The number of rotatable bonds is 22. The van der Waals surface area contributed by atoms with Crippen molar-refractivity contribution >= 4 is 29.1 Å². The molecule has 0 spiro atoms. The molecule has 0 aliphatic carbocycles. The minimum absolute atomic E-state index is 0.0243. The van der Waals surface area contributed by atoms with Crippen LogP contribution >= 0.6 is 23.2 Å². The second kappa shape index (κ2) is 21.0. The van der Waals surface area contributed by atoms with Crippen LogP contribution in [0.5, 0.6) is 0 Å². The summed E-state index contributed by atoms with van der Waals surface area (Å²) in [4.78, 5) is 17.5. The van der Waals surface area contributed by atoms with Crippen LogP contribution in [0.3, 0.4) is 0 Å². The molecule has 11 heteroatoms. The molecule has 1 aliphatic heterocycles. The van der Waals surface area contributed by atoms with Crippen LogP contribution in [0.25, 0.3) is 0 Å². The van der Waals surface area contributed by atoms with Gasteiger partial charge in [-0.1, -0.05) is 59.6 Å². The minimum Gasteiger partial charge on any atom is -0.382 e. The zero-order valence-electron chi connectivity index (χ0n) is 25.4. The first-order valence-electron chi connectivity index (χ1n) is 14.9. The Hall–Kier alpha value is -1.79. The van der Waals surface area contributed by atoms with Gasteiger partial charge in [0.15, 0.2) is 0 Å². The van der Waals surface area contributed by atoms with E-state index in [1.165, 1.54) is 0 Å². The molecule has 0 saturated carbocycles. The van der Waals surface area contributed by atoms with Crippen molar-refractivity contribution in [2.45, 2.75) is 25.0 Å². The molecule has 9 nitrogen and oxygen atoms in total. The van der Waals surface area contributed by atoms with E-state index in [2.05, 4.69) is 17.0 Å². The first-order valence-corrected chi connectivity index (χ1v) is 15.6. The molecule has 2 aromatic carbocycles. The summed E-state index contributed by atoms with van der Waals surface area (Å²) >= 11 is 12.2. The molecule has 1 unspecified atom stereocenters. The van der Waals surface area contributed by atoms with Gasteiger partial charge in [0, 0.05) is 33.8 Å². The number of halogens is 2. The molecule has 1 fully saturated rings. The van der Waals surface area contributed by atoms with Gasteiger partial charge in [0.05, 0.1) is 94.7 Å². The third-order valence-electron chi connectivity index (χ3n) is 7.17. The van der Waals surface area contributed by atoms with Gasteiger partial charge in [-0.2, -0.15) is 0 Å². The number of carbonyl (C=O) groups excluding carboxylic acids is 1. The third kappa shape index (κ3) is 13.8. The Balaban J connectivity index is 1.31. The number of methoxy groups -OCH3 is 1. The number of nitrogens with zero attached hydrogens (tertiary/aromatic N) is 2. The Kier molecular flexibility index (Phi) is 17.5. The molecular weight excluding hydrogens is 595 g/mol. The molecule has 1 amide bonds. The molecule has 43 heavy (non-hydrogen) atoms. The van der Waals surface area contributed by atoms with Gasteiger partial charge in [0.2, 0.25) is 5.91 Å². The van der Waals surface area contributed by atoms with Crippen molar-refractivity contribution < 1.29 is 33.2 Å². The van der Waals surface area contributed by atoms with E-state index in [1.54, 1.807) is 19.2 Å². The van der Waals surface area contributed by atoms with Crippen molar-refractivity contribution in [2.75, 3.05) is 99.9 Å². The van der Waals surface area contributed by atoms with Crippen molar-refractivity contribution in [3.05, 3.63) is 69.7 Å². The lowest BCUT2D eigenvalue weighted by Gasteiger charge is -2.32. The number of hydrogen-bond donors (Lipinski definition) is 0. The van der Waals surface area contributed by atoms with Gasteiger partial charge in [-0.25, -0.2) is 0 Å². The summed E-state index contributed by atoms with van der Waals surface area (Å²) in [6.07, 6.45) is 1.35.